The Morgan fingerprint density at radius 1 is 1.14 bits per heavy atom. The van der Waals surface area contributed by atoms with Crippen molar-refractivity contribution in [2.45, 2.75) is 38.8 Å². The average Bonchev–Trinajstić information content (AvgIpc) is 3.19. The SMILES string of the molecule is Cc1cccc2c1N(CC(=O)N[C@@H](C)c1ccccc1)C(=O)[C@H]1CCCN1C2=O. The van der Waals surface area contributed by atoms with Crippen LogP contribution in [-0.2, 0) is 9.59 Å². The molecule has 29 heavy (non-hydrogen) atoms. The molecule has 4 rings (SSSR count). The van der Waals surface area contributed by atoms with E-state index in [9.17, 15) is 14.4 Å². The van der Waals surface area contributed by atoms with Crippen LogP contribution < -0.4 is 10.2 Å². The van der Waals surface area contributed by atoms with Crippen LogP contribution in [0, 0.1) is 6.92 Å². The fourth-order valence-electron chi connectivity index (χ4n) is 4.31. The molecule has 3 amide bonds. The van der Waals surface area contributed by atoms with Crippen molar-refractivity contribution in [1.82, 2.24) is 10.2 Å². The maximum atomic E-state index is 13.3. The molecule has 6 heteroatoms. The Morgan fingerprint density at radius 3 is 2.66 bits per heavy atom. The van der Waals surface area contributed by atoms with Gasteiger partial charge in [0.05, 0.1) is 17.3 Å². The number of rotatable bonds is 4. The molecule has 2 atom stereocenters. The summed E-state index contributed by atoms with van der Waals surface area (Å²) in [7, 11) is 0. The minimum Gasteiger partial charge on any atom is -0.348 e. The van der Waals surface area contributed by atoms with Gasteiger partial charge < -0.3 is 15.1 Å². The quantitative estimate of drug-likeness (QED) is 0.871. The minimum atomic E-state index is -0.492. The first-order chi connectivity index (χ1) is 14.0. The number of carbonyl (C=O) groups is 3. The number of nitrogens with zero attached hydrogens (tertiary/aromatic N) is 2. The van der Waals surface area contributed by atoms with Gasteiger partial charge in [-0.1, -0.05) is 42.5 Å². The summed E-state index contributed by atoms with van der Waals surface area (Å²) in [6.07, 6.45) is 1.44. The highest BCUT2D eigenvalue weighted by Gasteiger charge is 2.42. The van der Waals surface area contributed by atoms with E-state index in [0.29, 0.717) is 24.2 Å². The van der Waals surface area contributed by atoms with E-state index in [1.807, 2.05) is 56.3 Å². The highest BCUT2D eigenvalue weighted by molar-refractivity contribution is 6.13. The Kier molecular flexibility index (Phi) is 5.09. The maximum absolute atomic E-state index is 13.3. The number of fused-ring (bicyclic) bond motifs is 2. The largest absolute Gasteiger partial charge is 0.348 e. The molecule has 2 aliphatic rings. The first-order valence-electron chi connectivity index (χ1n) is 10.0. The average molecular weight is 391 g/mol. The number of hydrogen-bond acceptors (Lipinski definition) is 3. The van der Waals surface area contributed by atoms with Crippen LogP contribution in [-0.4, -0.2) is 41.8 Å². The van der Waals surface area contributed by atoms with Gasteiger partial charge in [-0.3, -0.25) is 14.4 Å². The van der Waals surface area contributed by atoms with Crippen LogP contribution in [0.4, 0.5) is 5.69 Å². The Labute approximate surface area is 170 Å². The zero-order chi connectivity index (χ0) is 20.5. The van der Waals surface area contributed by atoms with Crippen LogP contribution in [0.25, 0.3) is 0 Å². The summed E-state index contributed by atoms with van der Waals surface area (Å²) in [6.45, 7) is 4.26. The van der Waals surface area contributed by atoms with Gasteiger partial charge in [0, 0.05) is 6.54 Å². The summed E-state index contributed by atoms with van der Waals surface area (Å²) in [5, 5.41) is 2.97. The molecule has 1 N–H and O–H groups in total. The molecule has 2 heterocycles. The predicted octanol–water partition coefficient (Wildman–Crippen LogP) is 2.82. The summed E-state index contributed by atoms with van der Waals surface area (Å²) >= 11 is 0. The van der Waals surface area contributed by atoms with Crippen LogP contribution in [0.1, 0.15) is 47.3 Å². The van der Waals surface area contributed by atoms with Gasteiger partial charge in [0.1, 0.15) is 12.6 Å². The molecule has 1 saturated heterocycles. The van der Waals surface area contributed by atoms with Crippen LogP contribution in [0.2, 0.25) is 0 Å². The lowest BCUT2D eigenvalue weighted by Gasteiger charge is -2.27. The van der Waals surface area contributed by atoms with Crippen molar-refractivity contribution >= 4 is 23.4 Å². The highest BCUT2D eigenvalue weighted by atomic mass is 16.2. The smallest absolute Gasteiger partial charge is 0.256 e. The summed E-state index contributed by atoms with van der Waals surface area (Å²) in [6, 6.07) is 14.5. The Bertz CT molecular complexity index is 957. The maximum Gasteiger partial charge on any atom is 0.256 e. The van der Waals surface area contributed by atoms with Gasteiger partial charge in [0.15, 0.2) is 0 Å². The van der Waals surface area contributed by atoms with Crippen molar-refractivity contribution in [3.8, 4) is 0 Å². The van der Waals surface area contributed by atoms with E-state index in [4.69, 9.17) is 0 Å². The third-order valence-electron chi connectivity index (χ3n) is 5.78. The van der Waals surface area contributed by atoms with Gasteiger partial charge >= 0.3 is 0 Å². The van der Waals surface area contributed by atoms with Gasteiger partial charge in [0.2, 0.25) is 11.8 Å². The minimum absolute atomic E-state index is 0.106. The van der Waals surface area contributed by atoms with Crippen molar-refractivity contribution in [2.24, 2.45) is 0 Å². The Balaban J connectivity index is 1.63. The highest BCUT2D eigenvalue weighted by Crippen LogP contribution is 2.34. The standard InChI is InChI=1S/C23H25N3O3/c1-15-8-6-11-18-21(15)26(23(29)19-12-7-13-25(19)22(18)28)14-20(27)24-16(2)17-9-4-3-5-10-17/h3-6,8-11,16,19H,7,12-14H2,1-2H3,(H,24,27)/t16-,19+/m0/s1. The van der Waals surface area contributed by atoms with Gasteiger partial charge in [-0.2, -0.15) is 0 Å². The van der Waals surface area contributed by atoms with Gasteiger partial charge in [0.25, 0.3) is 5.91 Å². The lowest BCUT2D eigenvalue weighted by atomic mass is 10.1. The Hall–Kier alpha value is -3.15. The van der Waals surface area contributed by atoms with E-state index < -0.39 is 6.04 Å². The lowest BCUT2D eigenvalue weighted by molar-refractivity contribution is -0.126. The number of benzene rings is 2. The molecule has 0 radical (unpaired) electrons. The summed E-state index contributed by atoms with van der Waals surface area (Å²) in [5.41, 5.74) is 2.86. The van der Waals surface area contributed by atoms with Crippen molar-refractivity contribution in [3.63, 3.8) is 0 Å². The summed E-state index contributed by atoms with van der Waals surface area (Å²) in [4.78, 5) is 42.4. The third kappa shape index (κ3) is 3.50. The molecule has 150 valence electrons. The van der Waals surface area contributed by atoms with Crippen molar-refractivity contribution in [1.29, 1.82) is 0 Å². The van der Waals surface area contributed by atoms with Crippen LogP contribution in [0.5, 0.6) is 0 Å². The third-order valence-corrected chi connectivity index (χ3v) is 5.78. The summed E-state index contributed by atoms with van der Waals surface area (Å²) in [5.74, 6) is -0.547. The molecule has 2 aromatic carbocycles. The van der Waals surface area contributed by atoms with E-state index in [1.165, 1.54) is 4.90 Å². The zero-order valence-corrected chi connectivity index (χ0v) is 16.7. The van der Waals surface area contributed by atoms with Gasteiger partial charge in [-0.15, -0.1) is 0 Å². The first-order valence-corrected chi connectivity index (χ1v) is 10.0. The van der Waals surface area contributed by atoms with Crippen LogP contribution in [0.3, 0.4) is 0 Å². The number of hydrogen-bond donors (Lipinski definition) is 1. The number of amides is 3. The van der Waals surface area contributed by atoms with Crippen molar-refractivity contribution in [3.05, 3.63) is 65.2 Å². The molecular weight excluding hydrogens is 366 g/mol. The predicted molar refractivity (Wildman–Crippen MR) is 111 cm³/mol. The van der Waals surface area contributed by atoms with E-state index >= 15 is 0 Å². The topological polar surface area (TPSA) is 69.7 Å². The monoisotopic (exact) mass is 391 g/mol. The number of aryl methyl sites for hydroxylation is 1. The fraction of sp³-hybridized carbons (Fsp3) is 0.348. The van der Waals surface area contributed by atoms with E-state index in [0.717, 1.165) is 17.5 Å². The zero-order valence-electron chi connectivity index (χ0n) is 16.7. The molecule has 0 aliphatic carbocycles. The molecule has 2 aliphatic heterocycles. The molecule has 0 spiro atoms. The second kappa shape index (κ2) is 7.70. The second-order valence-electron chi connectivity index (χ2n) is 7.75. The van der Waals surface area contributed by atoms with E-state index in [-0.39, 0.29) is 30.3 Å². The molecule has 0 saturated carbocycles. The number of para-hydroxylation sites is 1. The lowest BCUT2D eigenvalue weighted by Crippen LogP contribution is -2.48. The van der Waals surface area contributed by atoms with E-state index in [1.54, 1.807) is 11.0 Å². The van der Waals surface area contributed by atoms with Gasteiger partial charge in [-0.25, -0.2) is 0 Å². The molecule has 0 aromatic heterocycles. The van der Waals surface area contributed by atoms with Gasteiger partial charge in [-0.05, 0) is 43.9 Å². The number of anilines is 1. The Morgan fingerprint density at radius 2 is 1.90 bits per heavy atom. The molecule has 0 unspecified atom stereocenters. The van der Waals surface area contributed by atoms with E-state index in [2.05, 4.69) is 5.32 Å². The summed E-state index contributed by atoms with van der Waals surface area (Å²) < 4.78 is 0. The van der Waals surface area contributed by atoms with Crippen LogP contribution >= 0.6 is 0 Å². The second-order valence-corrected chi connectivity index (χ2v) is 7.75. The molecule has 1 fully saturated rings. The van der Waals surface area contributed by atoms with Crippen molar-refractivity contribution < 1.29 is 14.4 Å². The molecule has 6 nitrogen and oxygen atoms in total. The van der Waals surface area contributed by atoms with Crippen molar-refractivity contribution in [2.75, 3.05) is 18.0 Å². The fourth-order valence-corrected chi connectivity index (χ4v) is 4.31. The van der Waals surface area contributed by atoms with Crippen LogP contribution in [0.15, 0.2) is 48.5 Å². The normalized spacial score (nSPS) is 19.4. The number of nitrogens with one attached hydrogen (secondary N) is 1. The number of carbonyl (C=O) groups excluding carboxylic acids is 3. The molecule has 0 bridgehead atoms. The molecular formula is C23H25N3O3. The first kappa shape index (κ1) is 19.2. The molecule has 2 aromatic rings.